The molecule has 0 amide bonds. The fraction of sp³-hybridized carbons (Fsp3) is 0.583. The van der Waals surface area contributed by atoms with E-state index < -0.39 is 5.60 Å². The summed E-state index contributed by atoms with van der Waals surface area (Å²) in [5, 5.41) is 10.2. The molecule has 1 aliphatic carbocycles. The van der Waals surface area contributed by atoms with Gasteiger partial charge in [-0.15, -0.1) is 0 Å². The lowest BCUT2D eigenvalue weighted by Crippen LogP contribution is -2.34. The minimum Gasteiger partial charge on any atom is -0.389 e. The van der Waals surface area contributed by atoms with E-state index in [1.54, 1.807) is 12.3 Å². The summed E-state index contributed by atoms with van der Waals surface area (Å²) in [5.74, 6) is -0.309. The summed E-state index contributed by atoms with van der Waals surface area (Å²) in [4.78, 5) is 3.98. The van der Waals surface area contributed by atoms with E-state index >= 15 is 0 Å². The Morgan fingerprint density at radius 1 is 1.33 bits per heavy atom. The van der Waals surface area contributed by atoms with E-state index in [4.69, 9.17) is 0 Å². The first-order valence-electron chi connectivity index (χ1n) is 5.51. The molecule has 0 radical (unpaired) electrons. The number of aliphatic hydroxyl groups is 1. The number of hydrogen-bond acceptors (Lipinski definition) is 2. The van der Waals surface area contributed by atoms with Crippen molar-refractivity contribution in [3.8, 4) is 0 Å². The molecule has 0 bridgehead atoms. The lowest BCUT2D eigenvalue weighted by molar-refractivity contribution is 0.00291. The van der Waals surface area contributed by atoms with Crippen LogP contribution < -0.4 is 0 Å². The van der Waals surface area contributed by atoms with Crippen LogP contribution in [0.25, 0.3) is 0 Å². The lowest BCUT2D eigenvalue weighted by Gasteiger charge is -2.31. The highest BCUT2D eigenvalue weighted by atomic mass is 19.1. The fourth-order valence-electron chi connectivity index (χ4n) is 2.25. The Balaban J connectivity index is 2.10. The van der Waals surface area contributed by atoms with Gasteiger partial charge in [0.25, 0.3) is 0 Å². The standard InChI is InChI=1S/C12H16FNO/c13-10-5-4-8-14-11(10)9-12(15)6-2-1-3-7-12/h4-5,8,15H,1-3,6-7,9H2. The van der Waals surface area contributed by atoms with Crippen LogP contribution in [0.2, 0.25) is 0 Å². The minimum atomic E-state index is -0.729. The van der Waals surface area contributed by atoms with Crippen LogP contribution in [-0.2, 0) is 6.42 Å². The average Bonchev–Trinajstić information content (AvgIpc) is 2.22. The van der Waals surface area contributed by atoms with Gasteiger partial charge in [-0.3, -0.25) is 4.98 Å². The molecule has 0 aliphatic heterocycles. The van der Waals surface area contributed by atoms with Crippen molar-refractivity contribution in [1.29, 1.82) is 0 Å². The minimum absolute atomic E-state index is 0.309. The number of halogens is 1. The third-order valence-corrected chi connectivity index (χ3v) is 3.12. The van der Waals surface area contributed by atoms with Crippen molar-refractivity contribution >= 4 is 0 Å². The maximum atomic E-state index is 13.3. The van der Waals surface area contributed by atoms with Crippen LogP contribution in [0.3, 0.4) is 0 Å². The van der Waals surface area contributed by atoms with E-state index in [1.807, 2.05) is 0 Å². The first-order valence-corrected chi connectivity index (χ1v) is 5.51. The second-order valence-corrected chi connectivity index (χ2v) is 4.39. The zero-order valence-electron chi connectivity index (χ0n) is 8.75. The number of hydrogen-bond donors (Lipinski definition) is 1. The van der Waals surface area contributed by atoms with Gasteiger partial charge in [0, 0.05) is 12.6 Å². The Morgan fingerprint density at radius 2 is 2.07 bits per heavy atom. The summed E-state index contributed by atoms with van der Waals surface area (Å²) in [6, 6.07) is 2.97. The van der Waals surface area contributed by atoms with Gasteiger partial charge in [-0.2, -0.15) is 0 Å². The molecule has 1 aromatic heterocycles. The molecule has 0 aromatic carbocycles. The van der Waals surface area contributed by atoms with Crippen LogP contribution in [0.4, 0.5) is 4.39 Å². The first-order chi connectivity index (χ1) is 7.20. The van der Waals surface area contributed by atoms with Crippen LogP contribution in [-0.4, -0.2) is 15.7 Å². The zero-order valence-corrected chi connectivity index (χ0v) is 8.75. The molecule has 2 nitrogen and oxygen atoms in total. The van der Waals surface area contributed by atoms with Crippen LogP contribution in [0.1, 0.15) is 37.8 Å². The van der Waals surface area contributed by atoms with E-state index in [-0.39, 0.29) is 5.82 Å². The molecule has 3 heteroatoms. The van der Waals surface area contributed by atoms with E-state index in [9.17, 15) is 9.50 Å². The van der Waals surface area contributed by atoms with Crippen molar-refractivity contribution in [2.45, 2.75) is 44.1 Å². The summed E-state index contributed by atoms with van der Waals surface area (Å²) in [5.41, 5.74) is -0.338. The molecule has 1 aromatic rings. The molecule has 1 aliphatic rings. The molecular formula is C12H16FNO. The molecule has 0 saturated heterocycles. The highest BCUT2D eigenvalue weighted by molar-refractivity contribution is 5.10. The predicted octanol–water partition coefficient (Wildman–Crippen LogP) is 2.46. The molecule has 82 valence electrons. The number of rotatable bonds is 2. The van der Waals surface area contributed by atoms with E-state index in [0.29, 0.717) is 12.1 Å². The van der Waals surface area contributed by atoms with E-state index in [1.165, 1.54) is 12.5 Å². The van der Waals surface area contributed by atoms with Crippen LogP contribution in [0.5, 0.6) is 0 Å². The lowest BCUT2D eigenvalue weighted by atomic mass is 9.81. The van der Waals surface area contributed by atoms with Crippen LogP contribution in [0, 0.1) is 5.82 Å². The molecule has 1 heterocycles. The largest absolute Gasteiger partial charge is 0.389 e. The van der Waals surface area contributed by atoms with Crippen LogP contribution >= 0.6 is 0 Å². The molecule has 2 rings (SSSR count). The van der Waals surface area contributed by atoms with Gasteiger partial charge in [0.2, 0.25) is 0 Å². The van der Waals surface area contributed by atoms with E-state index in [0.717, 1.165) is 25.7 Å². The van der Waals surface area contributed by atoms with E-state index in [2.05, 4.69) is 4.98 Å². The Hall–Kier alpha value is -0.960. The Bertz CT molecular complexity index is 334. The Kier molecular flexibility index (Phi) is 3.00. The monoisotopic (exact) mass is 209 g/mol. The molecule has 0 spiro atoms. The van der Waals surface area contributed by atoms with Crippen molar-refractivity contribution < 1.29 is 9.50 Å². The van der Waals surface area contributed by atoms with Crippen LogP contribution in [0.15, 0.2) is 18.3 Å². The fourth-order valence-corrected chi connectivity index (χ4v) is 2.25. The first kappa shape index (κ1) is 10.6. The van der Waals surface area contributed by atoms with Gasteiger partial charge >= 0.3 is 0 Å². The number of pyridine rings is 1. The van der Waals surface area contributed by atoms with Gasteiger partial charge in [-0.1, -0.05) is 19.3 Å². The van der Waals surface area contributed by atoms with Gasteiger partial charge in [-0.25, -0.2) is 4.39 Å². The van der Waals surface area contributed by atoms with Gasteiger partial charge in [0.15, 0.2) is 0 Å². The molecule has 1 saturated carbocycles. The Morgan fingerprint density at radius 3 is 2.73 bits per heavy atom. The number of aromatic nitrogens is 1. The van der Waals surface area contributed by atoms with Gasteiger partial charge in [0.1, 0.15) is 5.82 Å². The maximum Gasteiger partial charge on any atom is 0.144 e. The highest BCUT2D eigenvalue weighted by Gasteiger charge is 2.30. The summed E-state index contributed by atoms with van der Waals surface area (Å²) in [6.07, 6.45) is 6.69. The molecule has 1 N–H and O–H groups in total. The van der Waals surface area contributed by atoms with Crippen molar-refractivity contribution in [1.82, 2.24) is 4.98 Å². The molecule has 0 atom stereocenters. The highest BCUT2D eigenvalue weighted by Crippen LogP contribution is 2.31. The third-order valence-electron chi connectivity index (χ3n) is 3.12. The molecule has 15 heavy (non-hydrogen) atoms. The molecule has 1 fully saturated rings. The SMILES string of the molecule is OC1(Cc2ncccc2F)CCCCC1. The second kappa shape index (κ2) is 4.27. The topological polar surface area (TPSA) is 33.1 Å². The normalized spacial score (nSPS) is 20.1. The predicted molar refractivity (Wildman–Crippen MR) is 55.9 cm³/mol. The molecule has 0 unspecified atom stereocenters. The number of nitrogens with zero attached hydrogens (tertiary/aromatic N) is 1. The van der Waals surface area contributed by atoms with Crippen molar-refractivity contribution in [3.05, 3.63) is 29.8 Å². The third kappa shape index (κ3) is 2.53. The summed E-state index contributed by atoms with van der Waals surface area (Å²) in [7, 11) is 0. The molecular weight excluding hydrogens is 193 g/mol. The smallest absolute Gasteiger partial charge is 0.144 e. The summed E-state index contributed by atoms with van der Waals surface area (Å²) in [6.45, 7) is 0. The quantitative estimate of drug-likeness (QED) is 0.811. The van der Waals surface area contributed by atoms with Gasteiger partial charge in [-0.05, 0) is 25.0 Å². The van der Waals surface area contributed by atoms with Gasteiger partial charge in [0.05, 0.1) is 11.3 Å². The average molecular weight is 209 g/mol. The zero-order chi connectivity index (χ0) is 10.7. The maximum absolute atomic E-state index is 13.3. The summed E-state index contributed by atoms with van der Waals surface area (Å²) >= 11 is 0. The summed E-state index contributed by atoms with van der Waals surface area (Å²) < 4.78 is 13.3. The van der Waals surface area contributed by atoms with Crippen molar-refractivity contribution in [2.24, 2.45) is 0 Å². The van der Waals surface area contributed by atoms with Gasteiger partial charge < -0.3 is 5.11 Å². The van der Waals surface area contributed by atoms with Crippen molar-refractivity contribution in [3.63, 3.8) is 0 Å². The van der Waals surface area contributed by atoms with Crippen molar-refractivity contribution in [2.75, 3.05) is 0 Å². The Labute approximate surface area is 89.2 Å². The second-order valence-electron chi connectivity index (χ2n) is 4.39.